The molecule has 4 saturated carbocycles. The fourth-order valence-corrected chi connectivity index (χ4v) is 6.08. The lowest BCUT2D eigenvalue weighted by atomic mass is 9.53. The van der Waals surface area contributed by atoms with E-state index in [1.165, 1.54) is 37.7 Å². The summed E-state index contributed by atoms with van der Waals surface area (Å²) in [6.45, 7) is 0. The summed E-state index contributed by atoms with van der Waals surface area (Å²) in [6, 6.07) is 6.14. The molecule has 0 spiro atoms. The number of nitrogens with one attached hydrogen (secondary N) is 2. The van der Waals surface area contributed by atoms with Crippen molar-refractivity contribution in [3.8, 4) is 0 Å². The molecule has 1 aromatic rings. The summed E-state index contributed by atoms with van der Waals surface area (Å²) in [5, 5.41) is 6.10. The molecule has 6 heteroatoms. The van der Waals surface area contributed by atoms with Crippen LogP contribution in [0, 0.1) is 17.8 Å². The van der Waals surface area contributed by atoms with Gasteiger partial charge in [0.1, 0.15) is 0 Å². The zero-order valence-corrected chi connectivity index (χ0v) is 14.7. The first-order valence-electron chi connectivity index (χ1n) is 8.71. The zero-order valence-electron chi connectivity index (χ0n) is 13.9. The lowest BCUT2D eigenvalue weighted by Crippen LogP contribution is -2.60. The smallest absolute Gasteiger partial charge is 0.319 e. The number of benzene rings is 1. The van der Waals surface area contributed by atoms with Gasteiger partial charge >= 0.3 is 6.03 Å². The van der Waals surface area contributed by atoms with Crippen molar-refractivity contribution in [2.45, 2.75) is 49.0 Å². The van der Waals surface area contributed by atoms with E-state index in [1.54, 1.807) is 12.1 Å². The summed E-state index contributed by atoms with van der Waals surface area (Å²) in [6.07, 6.45) is 8.54. The van der Waals surface area contributed by atoms with Gasteiger partial charge in [-0.05, 0) is 80.5 Å². The maximum atomic E-state index is 12.4. The second-order valence-electron chi connectivity index (χ2n) is 8.07. The quantitative estimate of drug-likeness (QED) is 0.881. The van der Waals surface area contributed by atoms with E-state index < -0.39 is 9.84 Å². The van der Waals surface area contributed by atoms with Crippen LogP contribution in [-0.4, -0.2) is 26.2 Å². The first-order chi connectivity index (χ1) is 11.3. The van der Waals surface area contributed by atoms with Gasteiger partial charge in [-0.3, -0.25) is 0 Å². The van der Waals surface area contributed by atoms with Crippen molar-refractivity contribution in [3.63, 3.8) is 0 Å². The summed E-state index contributed by atoms with van der Waals surface area (Å²) in [5.41, 5.74) is 0.593. The Bertz CT molecular complexity index is 720. The van der Waals surface area contributed by atoms with Gasteiger partial charge in [-0.1, -0.05) is 0 Å². The van der Waals surface area contributed by atoms with Gasteiger partial charge in [0.05, 0.1) is 4.90 Å². The molecule has 5 rings (SSSR count). The largest absolute Gasteiger partial charge is 0.332 e. The number of sulfone groups is 1. The molecule has 4 fully saturated rings. The van der Waals surface area contributed by atoms with Gasteiger partial charge < -0.3 is 10.6 Å². The molecule has 2 amide bonds. The molecule has 0 radical (unpaired) electrons. The predicted octanol–water partition coefficient (Wildman–Crippen LogP) is 3.18. The molecular weight excluding hydrogens is 324 g/mol. The Morgan fingerprint density at radius 2 is 1.50 bits per heavy atom. The Morgan fingerprint density at radius 1 is 1.00 bits per heavy atom. The Morgan fingerprint density at radius 3 is 1.96 bits per heavy atom. The molecule has 0 unspecified atom stereocenters. The van der Waals surface area contributed by atoms with Crippen LogP contribution in [0.15, 0.2) is 29.2 Å². The first kappa shape index (κ1) is 15.9. The van der Waals surface area contributed by atoms with Crippen molar-refractivity contribution in [3.05, 3.63) is 24.3 Å². The second kappa shape index (κ2) is 5.48. The van der Waals surface area contributed by atoms with E-state index in [0.717, 1.165) is 37.0 Å². The molecule has 0 saturated heterocycles. The van der Waals surface area contributed by atoms with Crippen molar-refractivity contribution in [2.24, 2.45) is 17.8 Å². The van der Waals surface area contributed by atoms with Crippen molar-refractivity contribution < 1.29 is 13.2 Å². The van der Waals surface area contributed by atoms with Gasteiger partial charge in [-0.15, -0.1) is 0 Å². The van der Waals surface area contributed by atoms with Crippen LogP contribution in [-0.2, 0) is 9.84 Å². The number of hydrogen-bond acceptors (Lipinski definition) is 3. The number of rotatable bonds is 3. The zero-order chi connectivity index (χ0) is 16.9. The van der Waals surface area contributed by atoms with Crippen molar-refractivity contribution in [1.82, 2.24) is 5.32 Å². The van der Waals surface area contributed by atoms with E-state index in [2.05, 4.69) is 10.6 Å². The molecule has 5 nitrogen and oxygen atoms in total. The van der Waals surface area contributed by atoms with Crippen molar-refractivity contribution >= 4 is 21.6 Å². The monoisotopic (exact) mass is 348 g/mol. The summed E-state index contributed by atoms with van der Waals surface area (Å²) in [7, 11) is -3.21. The molecule has 1 aromatic carbocycles. The van der Waals surface area contributed by atoms with E-state index in [4.69, 9.17) is 0 Å². The Labute approximate surface area is 143 Å². The van der Waals surface area contributed by atoms with Crippen molar-refractivity contribution in [2.75, 3.05) is 11.6 Å². The van der Waals surface area contributed by atoms with Crippen LogP contribution < -0.4 is 10.6 Å². The third-order valence-electron chi connectivity index (χ3n) is 5.96. The van der Waals surface area contributed by atoms with Gasteiger partial charge in [-0.2, -0.15) is 0 Å². The number of carbonyl (C=O) groups excluding carboxylic acids is 1. The molecular formula is C18H24N2O3S. The molecule has 0 aliphatic heterocycles. The number of carbonyl (C=O) groups is 1. The van der Waals surface area contributed by atoms with E-state index in [0.29, 0.717) is 5.69 Å². The highest BCUT2D eigenvalue weighted by atomic mass is 32.2. The third kappa shape index (κ3) is 3.04. The molecule has 0 atom stereocenters. The molecule has 0 heterocycles. The highest BCUT2D eigenvalue weighted by Crippen LogP contribution is 2.55. The van der Waals surface area contributed by atoms with Crippen molar-refractivity contribution in [1.29, 1.82) is 0 Å². The fourth-order valence-electron chi connectivity index (χ4n) is 5.45. The average Bonchev–Trinajstić information content (AvgIpc) is 2.44. The SMILES string of the molecule is CS(=O)(=O)c1ccc(NC(=O)NC23CC4CC(CC(C4)C2)C3)cc1. The van der Waals surface area contributed by atoms with Crippen LogP contribution in [0.2, 0.25) is 0 Å². The molecule has 2 N–H and O–H groups in total. The number of hydrogen-bond donors (Lipinski definition) is 2. The number of urea groups is 1. The lowest BCUT2D eigenvalue weighted by Gasteiger charge is -2.56. The molecule has 0 aromatic heterocycles. The molecule has 4 bridgehead atoms. The predicted molar refractivity (Wildman–Crippen MR) is 92.6 cm³/mol. The van der Waals surface area contributed by atoms with Gasteiger partial charge in [0.15, 0.2) is 9.84 Å². The van der Waals surface area contributed by atoms with Gasteiger partial charge in [0.2, 0.25) is 0 Å². The summed E-state index contributed by atoms with van der Waals surface area (Å²) >= 11 is 0. The van der Waals surface area contributed by atoms with E-state index in [-0.39, 0.29) is 16.5 Å². The second-order valence-corrected chi connectivity index (χ2v) is 10.1. The molecule has 130 valence electrons. The van der Waals surface area contributed by atoms with Crippen LogP contribution >= 0.6 is 0 Å². The normalized spacial score (nSPS) is 34.1. The number of amides is 2. The maximum Gasteiger partial charge on any atom is 0.319 e. The number of anilines is 1. The average molecular weight is 348 g/mol. The summed E-state index contributed by atoms with van der Waals surface area (Å²) in [5.74, 6) is 2.35. The highest BCUT2D eigenvalue weighted by molar-refractivity contribution is 7.90. The van der Waals surface area contributed by atoms with E-state index in [9.17, 15) is 13.2 Å². The fraction of sp³-hybridized carbons (Fsp3) is 0.611. The van der Waals surface area contributed by atoms with E-state index >= 15 is 0 Å². The molecule has 4 aliphatic carbocycles. The van der Waals surface area contributed by atoms with E-state index in [1.807, 2.05) is 0 Å². The topological polar surface area (TPSA) is 75.3 Å². The van der Waals surface area contributed by atoms with Gasteiger partial charge in [0, 0.05) is 17.5 Å². The third-order valence-corrected chi connectivity index (χ3v) is 7.09. The summed E-state index contributed by atoms with van der Waals surface area (Å²) < 4.78 is 23.0. The van der Waals surface area contributed by atoms with Crippen LogP contribution in [0.5, 0.6) is 0 Å². The maximum absolute atomic E-state index is 12.4. The standard InChI is InChI=1S/C18H24N2O3S/c1-24(22,23)16-4-2-15(3-5-16)19-17(21)20-18-9-12-6-13(10-18)8-14(7-12)11-18/h2-5,12-14H,6-11H2,1H3,(H2,19,20,21). The minimum Gasteiger partial charge on any atom is -0.332 e. The van der Waals surface area contributed by atoms with Crippen LogP contribution in [0.25, 0.3) is 0 Å². The van der Waals surface area contributed by atoms with Crippen LogP contribution in [0.3, 0.4) is 0 Å². The lowest BCUT2D eigenvalue weighted by molar-refractivity contribution is -0.0127. The minimum absolute atomic E-state index is 0.0223. The van der Waals surface area contributed by atoms with Crippen LogP contribution in [0.1, 0.15) is 38.5 Å². The summed E-state index contributed by atoms with van der Waals surface area (Å²) in [4.78, 5) is 12.7. The first-order valence-corrected chi connectivity index (χ1v) is 10.6. The Balaban J connectivity index is 1.42. The molecule has 4 aliphatic rings. The minimum atomic E-state index is -3.21. The Hall–Kier alpha value is -1.56. The molecule has 24 heavy (non-hydrogen) atoms. The van der Waals surface area contributed by atoms with Gasteiger partial charge in [-0.25, -0.2) is 13.2 Å². The highest BCUT2D eigenvalue weighted by Gasteiger charge is 2.51. The Kier molecular flexibility index (Phi) is 3.64. The van der Waals surface area contributed by atoms with Crippen LogP contribution in [0.4, 0.5) is 10.5 Å². The van der Waals surface area contributed by atoms with Gasteiger partial charge in [0.25, 0.3) is 0 Å².